The molecule has 4 heterocycles. The highest BCUT2D eigenvalue weighted by Gasteiger charge is 2.32. The van der Waals surface area contributed by atoms with Gasteiger partial charge in [0.15, 0.2) is 0 Å². The summed E-state index contributed by atoms with van der Waals surface area (Å²) < 4.78 is 1.46. The third kappa shape index (κ3) is 3.60. The topological polar surface area (TPSA) is 81.0 Å². The van der Waals surface area contributed by atoms with Crippen LogP contribution in [0.3, 0.4) is 0 Å². The summed E-state index contributed by atoms with van der Waals surface area (Å²) in [6.45, 7) is 4.85. The lowest BCUT2D eigenvalue weighted by Crippen LogP contribution is -2.40. The summed E-state index contributed by atoms with van der Waals surface area (Å²) in [6, 6.07) is 6.92. The maximum Gasteiger partial charge on any atom is 0.266 e. The number of carbonyl (C=O) groups excluding carboxylic acids is 1. The first-order chi connectivity index (χ1) is 13.5. The molecule has 1 unspecified atom stereocenters. The number of hydrogen-bond donors (Lipinski definition) is 0. The van der Waals surface area contributed by atoms with Crippen molar-refractivity contribution in [3.63, 3.8) is 0 Å². The van der Waals surface area contributed by atoms with Crippen molar-refractivity contribution in [3.8, 4) is 11.3 Å². The van der Waals surface area contributed by atoms with Crippen molar-refractivity contribution in [2.75, 3.05) is 6.54 Å². The lowest BCUT2D eigenvalue weighted by Gasteiger charge is -2.24. The molecule has 28 heavy (non-hydrogen) atoms. The van der Waals surface area contributed by atoms with Crippen LogP contribution in [-0.2, 0) is 6.54 Å². The summed E-state index contributed by atoms with van der Waals surface area (Å²) in [5, 5.41) is 5.40. The van der Waals surface area contributed by atoms with E-state index in [9.17, 15) is 9.59 Å². The van der Waals surface area contributed by atoms with Gasteiger partial charge in [-0.2, -0.15) is 5.10 Å². The minimum Gasteiger partial charge on any atom is -0.333 e. The second kappa shape index (κ2) is 7.63. The molecule has 0 spiro atoms. The molecule has 0 N–H and O–H groups in total. The normalized spacial score (nSPS) is 16.5. The van der Waals surface area contributed by atoms with E-state index in [1.165, 1.54) is 22.1 Å². The second-order valence-corrected chi connectivity index (χ2v) is 8.13. The number of hydrogen-bond acceptors (Lipinski definition) is 6. The van der Waals surface area contributed by atoms with Crippen molar-refractivity contribution >= 4 is 17.2 Å². The molecule has 1 aliphatic heterocycles. The highest BCUT2D eigenvalue weighted by molar-refractivity contribution is 7.13. The van der Waals surface area contributed by atoms with Crippen LogP contribution in [0.1, 0.15) is 33.2 Å². The highest BCUT2D eigenvalue weighted by Crippen LogP contribution is 2.25. The van der Waals surface area contributed by atoms with Crippen molar-refractivity contribution in [3.05, 3.63) is 62.6 Å². The van der Waals surface area contributed by atoms with Crippen LogP contribution in [-0.4, -0.2) is 43.1 Å². The van der Waals surface area contributed by atoms with Gasteiger partial charge < -0.3 is 4.90 Å². The van der Waals surface area contributed by atoms with E-state index in [4.69, 9.17) is 0 Å². The zero-order chi connectivity index (χ0) is 19.7. The second-order valence-electron chi connectivity index (χ2n) is 6.92. The van der Waals surface area contributed by atoms with Crippen LogP contribution < -0.4 is 5.56 Å². The van der Waals surface area contributed by atoms with Gasteiger partial charge in [-0.1, -0.05) is 0 Å². The molecule has 8 heteroatoms. The van der Waals surface area contributed by atoms with E-state index < -0.39 is 0 Å². The van der Waals surface area contributed by atoms with Crippen molar-refractivity contribution < 1.29 is 4.79 Å². The van der Waals surface area contributed by atoms with Crippen LogP contribution in [0.2, 0.25) is 0 Å². The number of amides is 1. The first-order valence-corrected chi connectivity index (χ1v) is 10.1. The molecular weight excluding hydrogens is 374 g/mol. The Bertz CT molecular complexity index is 1060. The van der Waals surface area contributed by atoms with Crippen LogP contribution in [0.25, 0.3) is 11.3 Å². The van der Waals surface area contributed by atoms with Gasteiger partial charge in [0.1, 0.15) is 4.88 Å². The molecule has 0 bridgehead atoms. The average Bonchev–Trinajstić information content (AvgIpc) is 3.29. The number of carbonyl (C=O) groups is 1. The summed E-state index contributed by atoms with van der Waals surface area (Å²) in [4.78, 5) is 36.4. The molecule has 0 aromatic carbocycles. The predicted molar refractivity (Wildman–Crippen MR) is 107 cm³/mol. The zero-order valence-electron chi connectivity index (χ0n) is 15.8. The third-order valence-electron chi connectivity index (χ3n) is 4.94. The van der Waals surface area contributed by atoms with E-state index >= 15 is 0 Å². The van der Waals surface area contributed by atoms with Crippen LogP contribution in [0.15, 0.2) is 41.5 Å². The van der Waals surface area contributed by atoms with Crippen molar-refractivity contribution in [2.24, 2.45) is 0 Å². The monoisotopic (exact) mass is 395 g/mol. The standard InChI is InChI=1S/C20H21N5O2S/c1-13-19(28-14(2)22-13)20(27)24-10-4-6-16(24)12-25-18(26)8-7-17(23-25)15-5-3-9-21-11-15/h3,5,7-9,11,16H,4,6,10,12H2,1-2H3. The maximum absolute atomic E-state index is 13.0. The smallest absolute Gasteiger partial charge is 0.266 e. The van der Waals surface area contributed by atoms with Crippen molar-refractivity contribution in [1.29, 1.82) is 0 Å². The molecule has 7 nitrogen and oxygen atoms in total. The van der Waals surface area contributed by atoms with E-state index in [1.807, 2.05) is 30.9 Å². The average molecular weight is 395 g/mol. The lowest BCUT2D eigenvalue weighted by molar-refractivity contribution is 0.0724. The number of aryl methyl sites for hydroxylation is 2. The predicted octanol–water partition coefficient (Wildman–Crippen LogP) is 2.68. The van der Waals surface area contributed by atoms with Crippen LogP contribution in [0.4, 0.5) is 0 Å². The third-order valence-corrected chi connectivity index (χ3v) is 6.00. The molecule has 1 aliphatic rings. The SMILES string of the molecule is Cc1nc(C)c(C(=O)N2CCCC2Cn2nc(-c3cccnc3)ccc2=O)s1. The molecule has 1 saturated heterocycles. The van der Waals surface area contributed by atoms with Gasteiger partial charge in [0, 0.05) is 30.6 Å². The number of likely N-dealkylation sites (tertiary alicyclic amines) is 1. The molecule has 4 rings (SSSR count). The molecule has 3 aromatic heterocycles. The van der Waals surface area contributed by atoms with Crippen LogP contribution >= 0.6 is 11.3 Å². The number of nitrogens with zero attached hydrogens (tertiary/aromatic N) is 5. The molecule has 3 aromatic rings. The molecule has 0 aliphatic carbocycles. The number of thiazole rings is 1. The van der Waals surface area contributed by atoms with Crippen LogP contribution in [0, 0.1) is 13.8 Å². The van der Waals surface area contributed by atoms with E-state index in [-0.39, 0.29) is 17.5 Å². The fraction of sp³-hybridized carbons (Fsp3) is 0.350. The molecular formula is C20H21N5O2S. The Hall–Kier alpha value is -2.87. The molecule has 0 radical (unpaired) electrons. The summed E-state index contributed by atoms with van der Waals surface area (Å²) in [6.07, 6.45) is 5.19. The summed E-state index contributed by atoms with van der Waals surface area (Å²) in [5.74, 6) is 0.00191. The van der Waals surface area contributed by atoms with Gasteiger partial charge in [-0.15, -0.1) is 11.3 Å². The van der Waals surface area contributed by atoms with Gasteiger partial charge in [0.05, 0.1) is 29.0 Å². The molecule has 0 saturated carbocycles. The Kier molecular flexibility index (Phi) is 5.04. The van der Waals surface area contributed by atoms with E-state index in [1.54, 1.807) is 18.5 Å². The number of pyridine rings is 1. The first kappa shape index (κ1) is 18.5. The maximum atomic E-state index is 13.0. The molecule has 1 fully saturated rings. The first-order valence-electron chi connectivity index (χ1n) is 9.26. The van der Waals surface area contributed by atoms with E-state index in [2.05, 4.69) is 15.1 Å². The van der Waals surface area contributed by atoms with E-state index in [0.717, 1.165) is 29.1 Å². The van der Waals surface area contributed by atoms with Gasteiger partial charge in [0.25, 0.3) is 11.5 Å². The fourth-order valence-electron chi connectivity index (χ4n) is 3.60. The largest absolute Gasteiger partial charge is 0.333 e. The Morgan fingerprint density at radius 2 is 2.14 bits per heavy atom. The Labute approximate surface area is 166 Å². The molecule has 1 amide bonds. The summed E-state index contributed by atoms with van der Waals surface area (Å²) in [5.41, 5.74) is 2.15. The minimum atomic E-state index is -0.170. The zero-order valence-corrected chi connectivity index (χ0v) is 16.6. The summed E-state index contributed by atoms with van der Waals surface area (Å²) in [7, 11) is 0. The van der Waals surface area contributed by atoms with Gasteiger partial charge in [-0.25, -0.2) is 9.67 Å². The van der Waals surface area contributed by atoms with Gasteiger partial charge in [0.2, 0.25) is 0 Å². The van der Waals surface area contributed by atoms with Crippen LogP contribution in [0.5, 0.6) is 0 Å². The quantitative estimate of drug-likeness (QED) is 0.678. The van der Waals surface area contributed by atoms with Gasteiger partial charge in [-0.05, 0) is 44.9 Å². The number of rotatable bonds is 4. The lowest BCUT2D eigenvalue weighted by atomic mass is 10.2. The Morgan fingerprint density at radius 1 is 1.29 bits per heavy atom. The van der Waals surface area contributed by atoms with Crippen molar-refractivity contribution in [2.45, 2.75) is 39.3 Å². The highest BCUT2D eigenvalue weighted by atomic mass is 32.1. The Balaban J connectivity index is 1.59. The van der Waals surface area contributed by atoms with Gasteiger partial charge in [-0.3, -0.25) is 14.6 Å². The Morgan fingerprint density at radius 3 is 2.86 bits per heavy atom. The fourth-order valence-corrected chi connectivity index (χ4v) is 4.48. The summed E-state index contributed by atoms with van der Waals surface area (Å²) >= 11 is 1.43. The van der Waals surface area contributed by atoms with Crippen molar-refractivity contribution in [1.82, 2.24) is 24.6 Å². The minimum absolute atomic E-state index is 0.00191. The molecule has 1 atom stereocenters. The number of aromatic nitrogens is 4. The van der Waals surface area contributed by atoms with E-state index in [0.29, 0.717) is 23.7 Å². The van der Waals surface area contributed by atoms with Gasteiger partial charge >= 0.3 is 0 Å². The molecule has 144 valence electrons.